The van der Waals surface area contributed by atoms with E-state index in [2.05, 4.69) is 20.5 Å². The number of nitrogens with zero attached hydrogens (tertiary/aromatic N) is 4. The minimum Gasteiger partial charge on any atom is -0.383 e. The van der Waals surface area contributed by atoms with E-state index in [0.29, 0.717) is 36.8 Å². The number of aliphatic hydroxyl groups is 1. The third kappa shape index (κ3) is 4.37. The Balaban J connectivity index is 1.46. The Labute approximate surface area is 148 Å². The van der Waals surface area contributed by atoms with E-state index in [1.165, 1.54) is 16.8 Å². The molecule has 1 fully saturated rings. The first kappa shape index (κ1) is 17.4. The Morgan fingerprint density at radius 2 is 2.08 bits per heavy atom. The van der Waals surface area contributed by atoms with Crippen LogP contribution in [0.1, 0.15) is 31.4 Å². The number of hydrogen-bond acceptors (Lipinski definition) is 7. The van der Waals surface area contributed by atoms with Gasteiger partial charge in [-0.15, -0.1) is 10.2 Å². The number of carbonyl (C=O) groups excluding carboxylic acids is 2. The summed E-state index contributed by atoms with van der Waals surface area (Å²) in [5, 5.41) is 21.1. The van der Waals surface area contributed by atoms with Gasteiger partial charge in [0, 0.05) is 32.1 Å². The van der Waals surface area contributed by atoms with Crippen molar-refractivity contribution in [3.63, 3.8) is 0 Å². The highest BCUT2D eigenvalue weighted by Crippen LogP contribution is 2.31. The molecule has 2 N–H and O–H groups in total. The van der Waals surface area contributed by atoms with E-state index >= 15 is 0 Å². The van der Waals surface area contributed by atoms with E-state index < -0.39 is 5.60 Å². The summed E-state index contributed by atoms with van der Waals surface area (Å²) in [6.45, 7) is 0.897. The van der Waals surface area contributed by atoms with Crippen LogP contribution in [-0.2, 0) is 15.2 Å². The van der Waals surface area contributed by atoms with Crippen molar-refractivity contribution in [3.8, 4) is 0 Å². The zero-order valence-electron chi connectivity index (χ0n) is 13.6. The smallest absolute Gasteiger partial charge is 0.226 e. The highest BCUT2D eigenvalue weighted by molar-refractivity contribution is 7.13. The predicted octanol–water partition coefficient (Wildman–Crippen LogP) is 1.16. The van der Waals surface area contributed by atoms with E-state index in [0.717, 1.165) is 0 Å². The maximum Gasteiger partial charge on any atom is 0.226 e. The fourth-order valence-corrected chi connectivity index (χ4v) is 3.27. The van der Waals surface area contributed by atoms with E-state index in [9.17, 15) is 14.7 Å². The zero-order valence-corrected chi connectivity index (χ0v) is 14.4. The minimum absolute atomic E-state index is 0.0875. The number of anilines is 1. The van der Waals surface area contributed by atoms with Crippen LogP contribution in [0, 0.1) is 0 Å². The standard InChI is InChI=1S/C16H19N5O3S/c22-13(19-15-20-18-11-25-15)4-5-14(23)21-9-6-16(24,7-10-21)12-3-1-2-8-17-12/h1-3,8,11,24H,4-7,9-10H2,(H,19,20,22). The van der Waals surface area contributed by atoms with Gasteiger partial charge in [0.2, 0.25) is 16.9 Å². The van der Waals surface area contributed by atoms with Gasteiger partial charge in [-0.3, -0.25) is 14.6 Å². The van der Waals surface area contributed by atoms with Crippen LogP contribution in [0.3, 0.4) is 0 Å². The Morgan fingerprint density at radius 1 is 1.28 bits per heavy atom. The minimum atomic E-state index is -0.993. The van der Waals surface area contributed by atoms with Crippen molar-refractivity contribution in [2.24, 2.45) is 0 Å². The molecule has 0 radical (unpaired) electrons. The van der Waals surface area contributed by atoms with Gasteiger partial charge in [0.15, 0.2) is 0 Å². The molecule has 2 amide bonds. The van der Waals surface area contributed by atoms with E-state index in [1.807, 2.05) is 6.07 Å². The Hall–Kier alpha value is -2.39. The Kier molecular flexibility index (Phi) is 5.34. The van der Waals surface area contributed by atoms with E-state index in [-0.39, 0.29) is 24.7 Å². The van der Waals surface area contributed by atoms with Crippen molar-refractivity contribution in [2.75, 3.05) is 18.4 Å². The van der Waals surface area contributed by atoms with Gasteiger partial charge < -0.3 is 15.3 Å². The molecule has 0 spiro atoms. The van der Waals surface area contributed by atoms with Crippen molar-refractivity contribution in [2.45, 2.75) is 31.3 Å². The van der Waals surface area contributed by atoms with Crippen LogP contribution in [0.5, 0.6) is 0 Å². The van der Waals surface area contributed by atoms with Gasteiger partial charge in [-0.2, -0.15) is 0 Å². The number of carbonyl (C=O) groups is 2. The normalized spacial score (nSPS) is 16.4. The second kappa shape index (κ2) is 7.66. The lowest BCUT2D eigenvalue weighted by Gasteiger charge is -2.37. The number of likely N-dealkylation sites (tertiary alicyclic amines) is 1. The van der Waals surface area contributed by atoms with Gasteiger partial charge in [0.05, 0.1) is 5.69 Å². The lowest BCUT2D eigenvalue weighted by Crippen LogP contribution is -2.45. The summed E-state index contributed by atoms with van der Waals surface area (Å²) in [6, 6.07) is 5.45. The largest absolute Gasteiger partial charge is 0.383 e. The van der Waals surface area contributed by atoms with Crippen molar-refractivity contribution in [3.05, 3.63) is 35.6 Å². The maximum atomic E-state index is 12.3. The first-order valence-corrected chi connectivity index (χ1v) is 8.92. The number of aromatic nitrogens is 3. The van der Waals surface area contributed by atoms with Crippen molar-refractivity contribution in [1.82, 2.24) is 20.1 Å². The molecule has 0 atom stereocenters. The molecular formula is C16H19N5O3S. The molecule has 0 unspecified atom stereocenters. The molecule has 1 saturated heterocycles. The lowest BCUT2D eigenvalue weighted by atomic mass is 9.87. The van der Waals surface area contributed by atoms with Crippen LogP contribution in [0.4, 0.5) is 5.13 Å². The summed E-state index contributed by atoms with van der Waals surface area (Å²) in [7, 11) is 0. The third-order valence-corrected chi connectivity index (χ3v) is 4.86. The molecule has 9 heteroatoms. The fraction of sp³-hybridized carbons (Fsp3) is 0.438. The van der Waals surface area contributed by atoms with E-state index in [1.54, 1.807) is 23.2 Å². The molecular weight excluding hydrogens is 342 g/mol. The van der Waals surface area contributed by atoms with Crippen LogP contribution in [-0.4, -0.2) is 50.1 Å². The predicted molar refractivity (Wildman–Crippen MR) is 91.7 cm³/mol. The molecule has 0 aliphatic carbocycles. The summed E-state index contributed by atoms with van der Waals surface area (Å²) >= 11 is 1.23. The lowest BCUT2D eigenvalue weighted by molar-refractivity contribution is -0.137. The monoisotopic (exact) mass is 361 g/mol. The van der Waals surface area contributed by atoms with Gasteiger partial charge in [0.25, 0.3) is 0 Å². The maximum absolute atomic E-state index is 12.3. The molecule has 8 nitrogen and oxygen atoms in total. The zero-order chi connectivity index (χ0) is 17.7. The highest BCUT2D eigenvalue weighted by atomic mass is 32.1. The summed E-state index contributed by atoms with van der Waals surface area (Å²) in [5.74, 6) is -0.345. The quantitative estimate of drug-likeness (QED) is 0.827. The first-order chi connectivity index (χ1) is 12.1. The third-order valence-electron chi connectivity index (χ3n) is 4.26. The molecule has 3 heterocycles. The first-order valence-electron chi connectivity index (χ1n) is 8.04. The number of rotatable bonds is 5. The van der Waals surface area contributed by atoms with Gasteiger partial charge in [-0.25, -0.2) is 0 Å². The summed E-state index contributed by atoms with van der Waals surface area (Å²) < 4.78 is 0. The second-order valence-electron chi connectivity index (χ2n) is 5.92. The number of piperidine rings is 1. The fourth-order valence-electron chi connectivity index (χ4n) is 2.81. The van der Waals surface area contributed by atoms with Gasteiger partial charge >= 0.3 is 0 Å². The van der Waals surface area contributed by atoms with Gasteiger partial charge in [-0.1, -0.05) is 17.4 Å². The molecule has 3 rings (SSSR count). The molecule has 0 bridgehead atoms. The molecule has 2 aromatic rings. The van der Waals surface area contributed by atoms with Gasteiger partial charge in [-0.05, 0) is 25.0 Å². The molecule has 0 aromatic carbocycles. The summed E-state index contributed by atoms with van der Waals surface area (Å²) in [5.41, 5.74) is 1.17. The van der Waals surface area contributed by atoms with Crippen LogP contribution in [0.25, 0.3) is 0 Å². The average molecular weight is 361 g/mol. The van der Waals surface area contributed by atoms with Gasteiger partial charge in [0.1, 0.15) is 11.1 Å². The number of amides is 2. The number of pyridine rings is 1. The molecule has 25 heavy (non-hydrogen) atoms. The SMILES string of the molecule is O=C(CCC(=O)N1CCC(O)(c2ccccn2)CC1)Nc1nncs1. The second-order valence-corrected chi connectivity index (χ2v) is 6.75. The average Bonchev–Trinajstić information content (AvgIpc) is 3.14. The Bertz CT molecular complexity index is 715. The van der Waals surface area contributed by atoms with Crippen molar-refractivity contribution < 1.29 is 14.7 Å². The molecule has 2 aromatic heterocycles. The molecule has 132 valence electrons. The molecule has 0 saturated carbocycles. The van der Waals surface area contributed by atoms with Crippen molar-refractivity contribution in [1.29, 1.82) is 0 Å². The van der Waals surface area contributed by atoms with E-state index in [4.69, 9.17) is 0 Å². The van der Waals surface area contributed by atoms with Crippen LogP contribution in [0.15, 0.2) is 29.9 Å². The Morgan fingerprint density at radius 3 is 2.72 bits per heavy atom. The van der Waals surface area contributed by atoms with Crippen molar-refractivity contribution >= 4 is 28.3 Å². The van der Waals surface area contributed by atoms with Crippen LogP contribution >= 0.6 is 11.3 Å². The summed E-state index contributed by atoms with van der Waals surface area (Å²) in [4.78, 5) is 30.0. The van der Waals surface area contributed by atoms with Crippen LogP contribution in [0.2, 0.25) is 0 Å². The summed E-state index contributed by atoms with van der Waals surface area (Å²) in [6.07, 6.45) is 2.76. The highest BCUT2D eigenvalue weighted by Gasteiger charge is 2.36. The number of nitrogens with one attached hydrogen (secondary N) is 1. The van der Waals surface area contributed by atoms with Crippen LogP contribution < -0.4 is 5.32 Å². The topological polar surface area (TPSA) is 108 Å². The molecule has 1 aliphatic heterocycles. The molecule has 1 aliphatic rings. The number of hydrogen-bond donors (Lipinski definition) is 2.